The molecule has 3 aromatic rings. The number of hydrogen-bond donors (Lipinski definition) is 2. The summed E-state index contributed by atoms with van der Waals surface area (Å²) in [6.45, 7) is 0. The summed E-state index contributed by atoms with van der Waals surface area (Å²) < 4.78 is 0. The lowest BCUT2D eigenvalue weighted by Crippen LogP contribution is -2.02. The maximum absolute atomic E-state index is 10.3. The first-order chi connectivity index (χ1) is 10.2. The third-order valence-corrected chi connectivity index (χ3v) is 4.16. The van der Waals surface area contributed by atoms with Gasteiger partial charge in [-0.1, -0.05) is 42.5 Å². The maximum atomic E-state index is 10.3. The average Bonchev–Trinajstić information content (AvgIpc) is 2.97. The van der Waals surface area contributed by atoms with Crippen LogP contribution in [0.5, 0.6) is 0 Å². The number of aliphatic hydroxyl groups excluding tert-OH is 1. The van der Waals surface area contributed by atoms with Gasteiger partial charge >= 0.3 is 0 Å². The number of aliphatic hydroxyl groups is 1. The second-order valence-corrected chi connectivity index (χ2v) is 5.83. The van der Waals surface area contributed by atoms with Gasteiger partial charge in [0.1, 0.15) is 0 Å². The smallest absolute Gasteiger partial charge is 0.0961 e. The number of nitrogens with zero attached hydrogens (tertiary/aromatic N) is 1. The van der Waals surface area contributed by atoms with Crippen LogP contribution in [0.2, 0.25) is 0 Å². The van der Waals surface area contributed by atoms with E-state index in [2.05, 4.69) is 4.98 Å². The minimum Gasteiger partial charge on any atom is -0.399 e. The minimum atomic E-state index is -0.580. The number of aromatic nitrogens is 1. The van der Waals surface area contributed by atoms with E-state index in [0.717, 1.165) is 21.8 Å². The molecule has 0 aliphatic heterocycles. The molecule has 0 amide bonds. The van der Waals surface area contributed by atoms with E-state index >= 15 is 0 Å². The lowest BCUT2D eigenvalue weighted by atomic mass is 10.1. The van der Waals surface area contributed by atoms with Crippen LogP contribution in [0.15, 0.2) is 60.0 Å². The van der Waals surface area contributed by atoms with Gasteiger partial charge < -0.3 is 10.8 Å². The number of hydrogen-bond acceptors (Lipinski definition) is 4. The van der Waals surface area contributed by atoms with Gasteiger partial charge in [-0.2, -0.15) is 0 Å². The largest absolute Gasteiger partial charge is 0.399 e. The van der Waals surface area contributed by atoms with Crippen LogP contribution in [-0.2, 0) is 6.42 Å². The molecule has 1 atom stereocenters. The number of nitrogens with two attached hydrogens (primary N) is 1. The summed E-state index contributed by atoms with van der Waals surface area (Å²) in [5.41, 5.74) is 9.28. The van der Waals surface area contributed by atoms with Crippen molar-refractivity contribution in [2.75, 3.05) is 5.73 Å². The number of nitrogen functional groups attached to an aromatic ring is 1. The molecule has 4 heteroatoms. The highest BCUT2D eigenvalue weighted by atomic mass is 32.1. The Morgan fingerprint density at radius 3 is 2.67 bits per heavy atom. The van der Waals surface area contributed by atoms with E-state index in [0.29, 0.717) is 12.1 Å². The van der Waals surface area contributed by atoms with E-state index in [1.54, 1.807) is 17.4 Å². The Morgan fingerprint density at radius 1 is 1.10 bits per heavy atom. The normalized spacial score (nSPS) is 12.2. The molecule has 1 heterocycles. The second-order valence-electron chi connectivity index (χ2n) is 4.88. The highest BCUT2D eigenvalue weighted by Gasteiger charge is 2.12. The van der Waals surface area contributed by atoms with Crippen LogP contribution >= 0.6 is 11.3 Å². The maximum Gasteiger partial charge on any atom is 0.0961 e. The number of rotatable bonds is 4. The summed E-state index contributed by atoms with van der Waals surface area (Å²) in [4.78, 5) is 4.60. The summed E-state index contributed by atoms with van der Waals surface area (Å²) in [6, 6.07) is 17.4. The highest BCUT2D eigenvalue weighted by molar-refractivity contribution is 7.09. The zero-order valence-corrected chi connectivity index (χ0v) is 12.3. The van der Waals surface area contributed by atoms with E-state index in [1.165, 1.54) is 0 Å². The molecular formula is C17H16N2OS. The van der Waals surface area contributed by atoms with Crippen molar-refractivity contribution in [2.24, 2.45) is 0 Å². The molecule has 0 bridgehead atoms. The summed E-state index contributed by atoms with van der Waals surface area (Å²) >= 11 is 1.57. The molecule has 0 saturated heterocycles. The summed E-state index contributed by atoms with van der Waals surface area (Å²) in [5, 5.41) is 13.2. The standard InChI is InChI=1S/C17H16N2OS/c18-14-8-4-7-13(9-14)16(20)10-17-19-15(11-21-17)12-5-2-1-3-6-12/h1-9,11,16,20H,10,18H2. The Balaban J connectivity index is 1.75. The Labute approximate surface area is 127 Å². The van der Waals surface area contributed by atoms with E-state index in [-0.39, 0.29) is 0 Å². The van der Waals surface area contributed by atoms with Crippen LogP contribution in [0.1, 0.15) is 16.7 Å². The van der Waals surface area contributed by atoms with Crippen LogP contribution < -0.4 is 5.73 Å². The van der Waals surface area contributed by atoms with Crippen LogP contribution in [0.3, 0.4) is 0 Å². The Morgan fingerprint density at radius 2 is 1.90 bits per heavy atom. The molecule has 3 N–H and O–H groups in total. The third kappa shape index (κ3) is 3.29. The van der Waals surface area contributed by atoms with Gasteiger partial charge in [0.05, 0.1) is 16.8 Å². The van der Waals surface area contributed by atoms with E-state index < -0.39 is 6.10 Å². The van der Waals surface area contributed by atoms with Crippen molar-refractivity contribution >= 4 is 17.0 Å². The Kier molecular flexibility index (Phi) is 3.99. The molecule has 0 fully saturated rings. The van der Waals surface area contributed by atoms with Gasteiger partial charge in [-0.25, -0.2) is 4.98 Å². The van der Waals surface area contributed by atoms with E-state index in [9.17, 15) is 5.11 Å². The molecule has 106 valence electrons. The van der Waals surface area contributed by atoms with Gasteiger partial charge in [0.15, 0.2) is 0 Å². The highest BCUT2D eigenvalue weighted by Crippen LogP contribution is 2.26. The third-order valence-electron chi connectivity index (χ3n) is 3.28. The van der Waals surface area contributed by atoms with Crippen molar-refractivity contribution in [3.63, 3.8) is 0 Å². The monoisotopic (exact) mass is 296 g/mol. The van der Waals surface area contributed by atoms with Crippen molar-refractivity contribution in [2.45, 2.75) is 12.5 Å². The molecular weight excluding hydrogens is 280 g/mol. The predicted octanol–water partition coefficient (Wildman–Crippen LogP) is 3.67. The molecule has 0 saturated carbocycles. The molecule has 1 aromatic heterocycles. The Bertz CT molecular complexity index is 724. The molecule has 21 heavy (non-hydrogen) atoms. The van der Waals surface area contributed by atoms with Crippen LogP contribution in [0.25, 0.3) is 11.3 Å². The van der Waals surface area contributed by atoms with Gasteiger partial charge in [0.2, 0.25) is 0 Å². The van der Waals surface area contributed by atoms with E-state index in [1.807, 2.05) is 53.9 Å². The van der Waals surface area contributed by atoms with Crippen LogP contribution in [0, 0.1) is 0 Å². The summed E-state index contributed by atoms with van der Waals surface area (Å²) in [7, 11) is 0. The lowest BCUT2D eigenvalue weighted by Gasteiger charge is -2.09. The molecule has 3 nitrogen and oxygen atoms in total. The minimum absolute atomic E-state index is 0.501. The number of benzene rings is 2. The van der Waals surface area contributed by atoms with Crippen molar-refractivity contribution < 1.29 is 5.11 Å². The molecule has 3 rings (SSSR count). The van der Waals surface area contributed by atoms with Crippen molar-refractivity contribution in [1.29, 1.82) is 0 Å². The first kappa shape index (κ1) is 13.8. The topological polar surface area (TPSA) is 59.1 Å². The summed E-state index contributed by atoms with van der Waals surface area (Å²) in [6.07, 6.45) is -0.0794. The second kappa shape index (κ2) is 6.08. The van der Waals surface area contributed by atoms with Gasteiger partial charge in [-0.15, -0.1) is 11.3 Å². The van der Waals surface area contributed by atoms with Gasteiger partial charge in [0.25, 0.3) is 0 Å². The van der Waals surface area contributed by atoms with Gasteiger partial charge in [-0.3, -0.25) is 0 Å². The lowest BCUT2D eigenvalue weighted by molar-refractivity contribution is 0.178. The summed E-state index contributed by atoms with van der Waals surface area (Å²) in [5.74, 6) is 0. The predicted molar refractivity (Wildman–Crippen MR) is 87.1 cm³/mol. The molecule has 1 unspecified atom stereocenters. The molecule has 0 aliphatic carbocycles. The fraction of sp³-hybridized carbons (Fsp3) is 0.118. The first-order valence-electron chi connectivity index (χ1n) is 6.76. The zero-order chi connectivity index (χ0) is 14.7. The molecule has 0 spiro atoms. The average molecular weight is 296 g/mol. The molecule has 2 aromatic carbocycles. The van der Waals surface area contributed by atoms with Crippen molar-refractivity contribution in [3.8, 4) is 11.3 Å². The van der Waals surface area contributed by atoms with Gasteiger partial charge in [0, 0.05) is 23.1 Å². The van der Waals surface area contributed by atoms with E-state index in [4.69, 9.17) is 5.73 Å². The first-order valence-corrected chi connectivity index (χ1v) is 7.63. The number of anilines is 1. The number of thiazole rings is 1. The van der Waals surface area contributed by atoms with Crippen LogP contribution in [-0.4, -0.2) is 10.1 Å². The van der Waals surface area contributed by atoms with Gasteiger partial charge in [-0.05, 0) is 17.7 Å². The van der Waals surface area contributed by atoms with Crippen molar-refractivity contribution in [1.82, 2.24) is 4.98 Å². The van der Waals surface area contributed by atoms with Crippen LogP contribution in [0.4, 0.5) is 5.69 Å². The Hall–Kier alpha value is -2.17. The molecule has 0 radical (unpaired) electrons. The quantitative estimate of drug-likeness (QED) is 0.722. The van der Waals surface area contributed by atoms with Crippen molar-refractivity contribution in [3.05, 3.63) is 70.5 Å². The molecule has 0 aliphatic rings. The fourth-order valence-corrected chi connectivity index (χ4v) is 3.04. The zero-order valence-electron chi connectivity index (χ0n) is 11.4. The fourth-order valence-electron chi connectivity index (χ4n) is 2.20. The SMILES string of the molecule is Nc1cccc(C(O)Cc2nc(-c3ccccc3)cs2)c1.